The summed E-state index contributed by atoms with van der Waals surface area (Å²) in [5, 5.41) is 37.2. The van der Waals surface area contributed by atoms with E-state index in [1.54, 1.807) is 14.0 Å². The Morgan fingerprint density at radius 1 is 0.667 bits per heavy atom. The summed E-state index contributed by atoms with van der Waals surface area (Å²) in [5.74, 6) is 5.37. The van der Waals surface area contributed by atoms with Crippen molar-refractivity contribution < 1.29 is 44.3 Å². The molecular weight excluding hydrogens is 1090 g/mol. The lowest BCUT2D eigenvalue weighted by Gasteiger charge is -2.39. The molecule has 0 aromatic rings. The second-order valence-electron chi connectivity index (χ2n) is 34.1. The first-order valence-electron chi connectivity index (χ1n) is 34.8. The molecule has 13 heteroatoms. The minimum Gasteiger partial charge on any atom is -0.396 e. The largest absolute Gasteiger partial charge is 0.396 e. The molecule has 4 aliphatic carbocycles. The van der Waals surface area contributed by atoms with Gasteiger partial charge in [-0.05, 0) is 177 Å². The van der Waals surface area contributed by atoms with E-state index < -0.39 is 0 Å². The zero-order valence-corrected chi connectivity index (χ0v) is 61.5. The van der Waals surface area contributed by atoms with Gasteiger partial charge in [-0.1, -0.05) is 170 Å². The lowest BCUT2D eigenvalue weighted by Crippen LogP contribution is -2.42. The molecule has 0 spiro atoms. The number of methoxy groups -OCH3 is 1. The van der Waals surface area contributed by atoms with Crippen LogP contribution in [0, 0.1) is 79.3 Å². The highest BCUT2D eigenvalue weighted by atomic mass is 16.5. The molecule has 6 N–H and O–H groups in total. The van der Waals surface area contributed by atoms with Gasteiger partial charge in [-0.3, -0.25) is 14.4 Å². The van der Waals surface area contributed by atoms with Gasteiger partial charge in [0.25, 0.3) is 0 Å². The van der Waals surface area contributed by atoms with Gasteiger partial charge < -0.3 is 50.3 Å². The summed E-state index contributed by atoms with van der Waals surface area (Å²) < 4.78 is 10.4. The molecule has 0 bridgehead atoms. The normalized spacial score (nSPS) is 25.1. The molecule has 87 heavy (non-hydrogen) atoms. The maximum Gasteiger partial charge on any atom is 0.223 e. The van der Waals surface area contributed by atoms with Gasteiger partial charge in [0.2, 0.25) is 17.7 Å². The molecule has 7 rings (SSSR count). The maximum absolute atomic E-state index is 11.4. The Balaban J connectivity index is 0.000000993. The number of allylic oxidation sites excluding steroid dienone is 1. The molecule has 6 atom stereocenters. The van der Waals surface area contributed by atoms with Crippen molar-refractivity contribution >= 4 is 17.7 Å². The molecule has 7 aliphatic rings. The molecule has 3 saturated heterocycles. The van der Waals surface area contributed by atoms with Crippen LogP contribution >= 0.6 is 0 Å². The number of ether oxygens (including phenoxy) is 2. The SMILES string of the molecule is CC.CC(=O)N1CCC(C(C)(C)C)C1.CC(C)(C)C1CCC(O)CC1.CC(C)(C)CC(O)COCC1CC1.CC(C)(C)CC1(C(N)=O)CCCC1.CN1CC(C(C)(C)C)CCC1=O.COCC(O)CN1CCC(C(C)(C)C)CC1.C[C@@H]1C=C[C@H](CO)C1. The molecule has 3 aliphatic heterocycles. The fourth-order valence-corrected chi connectivity index (χ4v) is 13.1. The van der Waals surface area contributed by atoms with E-state index in [2.05, 4.69) is 149 Å². The van der Waals surface area contributed by atoms with Crippen molar-refractivity contribution in [3.63, 3.8) is 0 Å². The summed E-state index contributed by atoms with van der Waals surface area (Å²) in [7, 11) is 3.54. The van der Waals surface area contributed by atoms with Crippen LogP contribution < -0.4 is 5.73 Å². The van der Waals surface area contributed by atoms with Gasteiger partial charge in [0.05, 0.1) is 31.5 Å². The van der Waals surface area contributed by atoms with E-state index in [9.17, 15) is 29.7 Å². The van der Waals surface area contributed by atoms with Crippen molar-refractivity contribution in [2.45, 2.75) is 286 Å². The molecule has 4 unspecified atom stereocenters. The van der Waals surface area contributed by atoms with Crippen LogP contribution in [0.4, 0.5) is 0 Å². The highest BCUT2D eigenvalue weighted by molar-refractivity contribution is 5.81. The number of hydrogen-bond donors (Lipinski definition) is 5. The Hall–Kier alpha value is -2.13. The number of aliphatic hydroxyl groups is 4. The van der Waals surface area contributed by atoms with Crippen LogP contribution in [-0.2, 0) is 23.9 Å². The summed E-state index contributed by atoms with van der Waals surface area (Å²) in [4.78, 5) is 39.8. The number of nitrogens with zero attached hydrogens (tertiary/aromatic N) is 3. The summed E-state index contributed by atoms with van der Waals surface area (Å²) in [5.41, 5.74) is 7.29. The molecular formula is C74H146N4O9. The Morgan fingerprint density at radius 3 is 1.51 bits per heavy atom. The second-order valence-corrected chi connectivity index (χ2v) is 34.1. The number of hydrogen-bond acceptors (Lipinski definition) is 10. The number of carbonyl (C=O) groups is 3. The second kappa shape index (κ2) is 40.1. The Morgan fingerprint density at radius 2 is 1.15 bits per heavy atom. The molecule has 13 nitrogen and oxygen atoms in total. The number of carbonyl (C=O) groups excluding carboxylic acids is 3. The summed E-state index contributed by atoms with van der Waals surface area (Å²) in [6, 6.07) is 0. The van der Waals surface area contributed by atoms with E-state index >= 15 is 0 Å². The molecule has 0 aromatic carbocycles. The smallest absolute Gasteiger partial charge is 0.223 e. The molecule has 516 valence electrons. The maximum atomic E-state index is 11.4. The van der Waals surface area contributed by atoms with Gasteiger partial charge >= 0.3 is 0 Å². The Labute approximate surface area is 537 Å². The van der Waals surface area contributed by atoms with Crippen molar-refractivity contribution in [2.75, 3.05) is 79.9 Å². The summed E-state index contributed by atoms with van der Waals surface area (Å²) in [6.45, 7) is 56.1. The van der Waals surface area contributed by atoms with Gasteiger partial charge in [-0.2, -0.15) is 0 Å². The van der Waals surface area contributed by atoms with Gasteiger partial charge in [-0.15, -0.1) is 0 Å². The van der Waals surface area contributed by atoms with Crippen molar-refractivity contribution in [1.82, 2.24) is 14.7 Å². The number of rotatable bonds is 12. The van der Waals surface area contributed by atoms with Crippen LogP contribution in [0.5, 0.6) is 0 Å². The topological polar surface area (TPSA) is 186 Å². The van der Waals surface area contributed by atoms with E-state index in [1.807, 2.05) is 30.7 Å². The quantitative estimate of drug-likeness (QED) is 0.118. The lowest BCUT2D eigenvalue weighted by molar-refractivity contribution is -0.134. The highest BCUT2D eigenvalue weighted by Gasteiger charge is 2.42. The van der Waals surface area contributed by atoms with Crippen molar-refractivity contribution in [2.24, 2.45) is 85.1 Å². The predicted octanol–water partition coefficient (Wildman–Crippen LogP) is 15.0. The van der Waals surface area contributed by atoms with Crippen molar-refractivity contribution in [1.29, 1.82) is 0 Å². The number of nitrogens with two attached hydrogens (primary N) is 1. The summed E-state index contributed by atoms with van der Waals surface area (Å²) >= 11 is 0. The minimum atomic E-state index is -0.337. The van der Waals surface area contributed by atoms with E-state index in [-0.39, 0.29) is 46.4 Å². The number of β-amino-alcohol motifs (C(OH)–C–C–N with tert-alkyl or cyclic N) is 1. The zero-order chi connectivity index (χ0) is 67.4. The third-order valence-electron chi connectivity index (χ3n) is 19.1. The Kier molecular flexibility index (Phi) is 39.1. The molecule has 0 aromatic heterocycles. The molecule has 3 amide bonds. The van der Waals surface area contributed by atoms with Crippen LogP contribution in [0.1, 0.15) is 268 Å². The van der Waals surface area contributed by atoms with Gasteiger partial charge in [0.1, 0.15) is 0 Å². The van der Waals surface area contributed by atoms with Crippen LogP contribution in [0.25, 0.3) is 0 Å². The molecule has 0 radical (unpaired) electrons. The predicted molar refractivity (Wildman–Crippen MR) is 366 cm³/mol. The van der Waals surface area contributed by atoms with Crippen molar-refractivity contribution in [3.05, 3.63) is 12.2 Å². The lowest BCUT2D eigenvalue weighted by atomic mass is 9.72. The number of aliphatic hydroxyl groups excluding tert-OH is 4. The number of primary amides is 1. The first-order valence-corrected chi connectivity index (χ1v) is 34.8. The van der Waals surface area contributed by atoms with Crippen LogP contribution in [0.15, 0.2) is 12.2 Å². The first kappa shape index (κ1) is 84.9. The highest BCUT2D eigenvalue weighted by Crippen LogP contribution is 2.46. The fraction of sp³-hybridized carbons (Fsp3) is 0.932. The number of likely N-dealkylation sites (tertiary alicyclic amines) is 3. The van der Waals surface area contributed by atoms with Gasteiger partial charge in [0, 0.05) is 78.2 Å². The fourth-order valence-electron chi connectivity index (χ4n) is 13.1. The molecule has 6 fully saturated rings. The third kappa shape index (κ3) is 38.5. The monoisotopic (exact) mass is 1240 g/mol. The van der Waals surface area contributed by atoms with E-state index in [4.69, 9.17) is 20.3 Å². The Bertz CT molecular complexity index is 1860. The molecule has 3 saturated carbocycles. The van der Waals surface area contributed by atoms with E-state index in [0.717, 1.165) is 121 Å². The number of piperidine rings is 2. The number of amides is 3. The third-order valence-corrected chi connectivity index (χ3v) is 19.1. The van der Waals surface area contributed by atoms with E-state index in [1.165, 1.54) is 57.8 Å². The van der Waals surface area contributed by atoms with Crippen molar-refractivity contribution in [3.8, 4) is 0 Å². The standard InChI is InChI=1S/C13H27NO2.C11H21NO.C11H22O2.2C10H19NO.C10H20O.C7H12O.C2H6/c1-13(2,3)11-5-7-14(8-6-11)9-12(15)10-16-4;1-10(2,3)8-11(9(12)13)6-4-5-7-11;1-11(2,3)6-10(12)8-13-7-9-4-5-9;1-10(2,3)8-5-6-9(12)11(4)7-8;1-8(12)11-6-5-9(7-11)10(2,3)4;1-10(2,3)8-4-6-9(11)7-5-8;1-6-2-3-7(4-6)5-8;1-2/h11-12,15H,5-10H2,1-4H3;4-8H2,1-3H3,(H2,12,13);9-10,12H,4-8H2,1-3H3;8H,5-7H2,1-4H3;9H,5-7H2,1-4H3;8-9,11H,4-7H2,1-3H3;2-3,6-8H,4-5H2,1H3;1-2H3/t;;;;;;6-,7+;/m......1./s1. The van der Waals surface area contributed by atoms with Crippen LogP contribution in [0.2, 0.25) is 0 Å². The average Bonchev–Trinajstić information content (AvgIpc) is 2.74. The molecule has 3 heterocycles. The van der Waals surface area contributed by atoms with Gasteiger partial charge in [0.15, 0.2) is 0 Å². The minimum absolute atomic E-state index is 0.00593. The van der Waals surface area contributed by atoms with Gasteiger partial charge in [-0.25, -0.2) is 0 Å². The first-order chi connectivity index (χ1) is 39.9. The zero-order valence-electron chi connectivity index (χ0n) is 61.5. The average molecular weight is 1240 g/mol. The van der Waals surface area contributed by atoms with Crippen LogP contribution in [-0.4, -0.2) is 151 Å². The van der Waals surface area contributed by atoms with Crippen LogP contribution in [0.3, 0.4) is 0 Å². The summed E-state index contributed by atoms with van der Waals surface area (Å²) in [6.07, 6.45) is 23.4. The van der Waals surface area contributed by atoms with E-state index in [0.29, 0.717) is 71.1 Å².